The van der Waals surface area contributed by atoms with Gasteiger partial charge in [-0.15, -0.1) is 0 Å². The molecule has 0 fully saturated rings. The molecule has 0 spiro atoms. The zero-order valence-corrected chi connectivity index (χ0v) is 14.7. The standard InChI is InChI=1S/C13H30O6Si/c1-7-10-17-20(18-11-8-2,19-12-9-3)13(14-4,15-5)16-6/h7-12H2,1-6H3. The molecule has 0 atom stereocenters. The molecule has 0 aliphatic rings. The molecule has 0 saturated heterocycles. The molecule has 0 N–H and O–H groups in total. The van der Waals surface area contributed by atoms with Crippen LogP contribution in [0.1, 0.15) is 40.0 Å². The van der Waals surface area contributed by atoms with E-state index in [0.717, 1.165) is 19.3 Å². The second kappa shape index (κ2) is 10.7. The van der Waals surface area contributed by atoms with E-state index in [1.165, 1.54) is 21.3 Å². The normalized spacial score (nSPS) is 12.9. The molecular weight excluding hydrogens is 280 g/mol. The molecule has 0 aliphatic heterocycles. The zero-order valence-electron chi connectivity index (χ0n) is 13.7. The van der Waals surface area contributed by atoms with Gasteiger partial charge in [0.05, 0.1) is 0 Å². The van der Waals surface area contributed by atoms with E-state index in [2.05, 4.69) is 0 Å². The SMILES string of the molecule is CCCO[Si](OCCC)(OCCC)C(OC)(OC)OC. The fourth-order valence-corrected chi connectivity index (χ4v) is 4.67. The summed E-state index contributed by atoms with van der Waals surface area (Å²) in [6.45, 7) is 7.55. The maximum absolute atomic E-state index is 5.94. The Hall–Kier alpha value is -0.0231. The lowest BCUT2D eigenvalue weighted by atomic mass is 10.5. The van der Waals surface area contributed by atoms with Gasteiger partial charge in [0.1, 0.15) is 0 Å². The number of rotatable bonds is 13. The van der Waals surface area contributed by atoms with Crippen molar-refractivity contribution >= 4 is 8.80 Å². The van der Waals surface area contributed by atoms with E-state index in [4.69, 9.17) is 27.5 Å². The van der Waals surface area contributed by atoms with Crippen molar-refractivity contribution in [1.29, 1.82) is 0 Å². The van der Waals surface area contributed by atoms with E-state index in [0.29, 0.717) is 19.8 Å². The van der Waals surface area contributed by atoms with Gasteiger partial charge in [-0.2, -0.15) is 0 Å². The molecule has 0 heterocycles. The zero-order chi connectivity index (χ0) is 15.5. The van der Waals surface area contributed by atoms with Gasteiger partial charge in [-0.1, -0.05) is 20.8 Å². The molecule has 0 bridgehead atoms. The van der Waals surface area contributed by atoms with Crippen LogP contribution in [0.4, 0.5) is 0 Å². The maximum atomic E-state index is 5.94. The number of ether oxygens (including phenoxy) is 3. The highest BCUT2D eigenvalue weighted by Crippen LogP contribution is 2.30. The molecule has 122 valence electrons. The van der Waals surface area contributed by atoms with Crippen molar-refractivity contribution in [3.05, 3.63) is 0 Å². The largest absolute Gasteiger partial charge is 0.596 e. The van der Waals surface area contributed by atoms with Gasteiger partial charge in [-0.05, 0) is 19.3 Å². The van der Waals surface area contributed by atoms with Crippen LogP contribution in [0.15, 0.2) is 0 Å². The summed E-state index contributed by atoms with van der Waals surface area (Å²) in [5.74, 6) is 0. The Morgan fingerprint density at radius 2 is 0.950 bits per heavy atom. The highest BCUT2D eigenvalue weighted by atomic mass is 28.4. The third kappa shape index (κ3) is 4.76. The summed E-state index contributed by atoms with van der Waals surface area (Å²) in [6, 6.07) is 0. The molecule has 0 aliphatic carbocycles. The first-order valence-electron chi connectivity index (χ1n) is 7.19. The molecule has 0 aromatic carbocycles. The van der Waals surface area contributed by atoms with Crippen LogP contribution in [0.5, 0.6) is 0 Å². The fraction of sp³-hybridized carbons (Fsp3) is 1.00. The smallest absolute Gasteiger partial charge is 0.369 e. The third-order valence-electron chi connectivity index (χ3n) is 2.67. The van der Waals surface area contributed by atoms with E-state index in [9.17, 15) is 0 Å². The van der Waals surface area contributed by atoms with Crippen LogP contribution in [0.2, 0.25) is 0 Å². The second-order valence-corrected chi connectivity index (χ2v) is 6.86. The lowest BCUT2D eigenvalue weighted by Gasteiger charge is -2.41. The van der Waals surface area contributed by atoms with Crippen LogP contribution >= 0.6 is 0 Å². The van der Waals surface area contributed by atoms with Crippen LogP contribution in [0.25, 0.3) is 0 Å². The Balaban J connectivity index is 5.38. The van der Waals surface area contributed by atoms with Gasteiger partial charge in [0.25, 0.3) is 0 Å². The summed E-state index contributed by atoms with van der Waals surface area (Å²) in [7, 11) is 1.18. The van der Waals surface area contributed by atoms with Gasteiger partial charge in [-0.25, -0.2) is 0 Å². The van der Waals surface area contributed by atoms with Crippen molar-refractivity contribution in [1.82, 2.24) is 0 Å². The highest BCUT2D eigenvalue weighted by Gasteiger charge is 2.66. The Kier molecular flexibility index (Phi) is 10.7. The van der Waals surface area contributed by atoms with Gasteiger partial charge in [-0.3, -0.25) is 0 Å². The summed E-state index contributed by atoms with van der Waals surface area (Å²) < 4.78 is 34.1. The lowest BCUT2D eigenvalue weighted by Crippen LogP contribution is -2.68. The van der Waals surface area contributed by atoms with Crippen LogP contribution in [-0.2, 0) is 27.5 Å². The molecule has 6 nitrogen and oxygen atoms in total. The molecule has 0 saturated carbocycles. The predicted molar refractivity (Wildman–Crippen MR) is 78.2 cm³/mol. The summed E-state index contributed by atoms with van der Waals surface area (Å²) in [4.78, 5) is 0. The Morgan fingerprint density at radius 1 is 0.650 bits per heavy atom. The van der Waals surface area contributed by atoms with Crippen molar-refractivity contribution in [2.75, 3.05) is 41.2 Å². The molecular formula is C13H30O6Si. The van der Waals surface area contributed by atoms with E-state index in [1.54, 1.807) is 0 Å². The van der Waals surface area contributed by atoms with E-state index < -0.39 is 14.4 Å². The van der Waals surface area contributed by atoms with Crippen molar-refractivity contribution in [3.63, 3.8) is 0 Å². The lowest BCUT2D eigenvalue weighted by molar-refractivity contribution is -0.329. The van der Waals surface area contributed by atoms with Crippen molar-refractivity contribution in [2.45, 2.75) is 45.6 Å². The summed E-state index contributed by atoms with van der Waals surface area (Å²) in [5, 5.41) is 0. The Labute approximate surface area is 124 Å². The van der Waals surface area contributed by atoms with Gasteiger partial charge in [0.15, 0.2) is 0 Å². The summed E-state index contributed by atoms with van der Waals surface area (Å²) >= 11 is 0. The topological polar surface area (TPSA) is 55.4 Å². The van der Waals surface area contributed by atoms with Gasteiger partial charge in [0, 0.05) is 41.2 Å². The van der Waals surface area contributed by atoms with Crippen LogP contribution in [0, 0.1) is 0 Å². The first-order chi connectivity index (χ1) is 9.61. The van der Waals surface area contributed by atoms with Gasteiger partial charge in [0.2, 0.25) is 0 Å². The van der Waals surface area contributed by atoms with Crippen molar-refractivity contribution < 1.29 is 27.5 Å². The van der Waals surface area contributed by atoms with Gasteiger partial charge >= 0.3 is 14.4 Å². The number of hydrogen-bond donors (Lipinski definition) is 0. The van der Waals surface area contributed by atoms with Crippen LogP contribution in [-0.4, -0.2) is 55.6 Å². The second-order valence-electron chi connectivity index (χ2n) is 4.27. The summed E-state index contributed by atoms with van der Waals surface area (Å²) in [5.41, 5.74) is -1.44. The van der Waals surface area contributed by atoms with Crippen LogP contribution in [0.3, 0.4) is 0 Å². The quantitative estimate of drug-likeness (QED) is 0.384. The minimum Gasteiger partial charge on any atom is -0.369 e. The van der Waals surface area contributed by atoms with E-state index in [-0.39, 0.29) is 0 Å². The molecule has 0 amide bonds. The molecule has 7 heteroatoms. The Morgan fingerprint density at radius 3 is 1.15 bits per heavy atom. The molecule has 0 unspecified atom stereocenters. The Bertz CT molecular complexity index is 205. The van der Waals surface area contributed by atoms with Crippen LogP contribution < -0.4 is 0 Å². The minimum absolute atomic E-state index is 0.498. The van der Waals surface area contributed by atoms with E-state index >= 15 is 0 Å². The molecule has 0 aromatic rings. The fourth-order valence-electron chi connectivity index (χ4n) is 1.72. The molecule has 0 rings (SSSR count). The average Bonchev–Trinajstić information content (AvgIpc) is 2.50. The van der Waals surface area contributed by atoms with E-state index in [1.807, 2.05) is 20.8 Å². The third-order valence-corrected chi connectivity index (χ3v) is 5.78. The maximum Gasteiger partial charge on any atom is 0.596 e. The molecule has 20 heavy (non-hydrogen) atoms. The summed E-state index contributed by atoms with van der Waals surface area (Å²) in [6.07, 6.45) is 2.52. The van der Waals surface area contributed by atoms with Gasteiger partial charge < -0.3 is 27.5 Å². The molecule has 0 aromatic heterocycles. The minimum atomic E-state index is -3.30. The first-order valence-corrected chi connectivity index (χ1v) is 8.91. The monoisotopic (exact) mass is 310 g/mol. The number of methoxy groups -OCH3 is 3. The first kappa shape index (κ1) is 20.0. The van der Waals surface area contributed by atoms with Crippen molar-refractivity contribution in [2.24, 2.45) is 0 Å². The van der Waals surface area contributed by atoms with Crippen molar-refractivity contribution in [3.8, 4) is 0 Å². The molecule has 0 radical (unpaired) electrons. The average molecular weight is 310 g/mol. The highest BCUT2D eigenvalue weighted by molar-refractivity contribution is 6.63. The number of hydrogen-bond acceptors (Lipinski definition) is 6. The predicted octanol–water partition coefficient (Wildman–Crippen LogP) is 2.34.